The van der Waals surface area contributed by atoms with Crippen molar-refractivity contribution in [1.29, 1.82) is 0 Å². The van der Waals surface area contributed by atoms with E-state index in [2.05, 4.69) is 31.8 Å². The Kier molecular flexibility index (Phi) is 6.89. The zero-order valence-electron chi connectivity index (χ0n) is 13.5. The summed E-state index contributed by atoms with van der Waals surface area (Å²) in [6, 6.07) is 7.86. The molecule has 0 radical (unpaired) electrons. The Labute approximate surface area is 153 Å². The molecule has 1 aromatic carbocycles. The van der Waals surface area contributed by atoms with E-state index in [0.29, 0.717) is 6.54 Å². The predicted octanol–water partition coefficient (Wildman–Crippen LogP) is 2.04. The minimum absolute atomic E-state index is 0.158. The van der Waals surface area contributed by atoms with Gasteiger partial charge in [-0.1, -0.05) is 34.1 Å². The molecule has 0 spiro atoms. The molecule has 0 unspecified atom stereocenters. The fourth-order valence-corrected chi connectivity index (χ4v) is 3.24. The van der Waals surface area contributed by atoms with Gasteiger partial charge in [0.1, 0.15) is 5.01 Å². The van der Waals surface area contributed by atoms with Gasteiger partial charge in [0.25, 0.3) is 5.91 Å². The summed E-state index contributed by atoms with van der Waals surface area (Å²) in [5.41, 5.74) is 6.82. The molecule has 0 saturated carbocycles. The Morgan fingerprint density at radius 3 is 2.62 bits per heavy atom. The van der Waals surface area contributed by atoms with Crippen LogP contribution in [0, 0.1) is 6.92 Å². The number of rotatable bonds is 6. The fraction of sp³-hybridized carbons (Fsp3) is 0.312. The number of hydrogen-bond acceptors (Lipinski definition) is 5. The molecular formula is C16H19BrN4O2S. The van der Waals surface area contributed by atoms with Crippen LogP contribution in [0.4, 0.5) is 0 Å². The van der Waals surface area contributed by atoms with Gasteiger partial charge in [0.05, 0.1) is 13.0 Å². The lowest BCUT2D eigenvalue weighted by atomic mass is 10.2. The molecule has 0 atom stereocenters. The molecule has 6 nitrogen and oxygen atoms in total. The second-order valence-corrected chi connectivity index (χ2v) is 7.22. The molecule has 0 saturated heterocycles. The van der Waals surface area contributed by atoms with Gasteiger partial charge in [0.15, 0.2) is 0 Å². The van der Waals surface area contributed by atoms with E-state index < -0.39 is 0 Å². The highest BCUT2D eigenvalue weighted by molar-refractivity contribution is 9.10. The number of aromatic nitrogens is 1. The molecule has 2 aromatic rings. The number of thiazole rings is 1. The Hall–Kier alpha value is -1.77. The third-order valence-electron chi connectivity index (χ3n) is 3.13. The highest BCUT2D eigenvalue weighted by Gasteiger charge is 2.11. The van der Waals surface area contributed by atoms with E-state index in [9.17, 15) is 9.59 Å². The quantitative estimate of drug-likeness (QED) is 0.714. The molecule has 0 bridgehead atoms. The van der Waals surface area contributed by atoms with Crippen molar-refractivity contribution in [3.8, 4) is 0 Å². The van der Waals surface area contributed by atoms with E-state index in [0.717, 1.165) is 20.7 Å². The average molecular weight is 411 g/mol. The molecule has 0 aliphatic heterocycles. The van der Waals surface area contributed by atoms with Gasteiger partial charge in [-0.25, -0.2) is 4.98 Å². The molecule has 0 aliphatic carbocycles. The van der Waals surface area contributed by atoms with Crippen LogP contribution in [0.5, 0.6) is 0 Å². The molecule has 2 amide bonds. The van der Waals surface area contributed by atoms with E-state index in [1.165, 1.54) is 11.3 Å². The van der Waals surface area contributed by atoms with Gasteiger partial charge < -0.3 is 0 Å². The van der Waals surface area contributed by atoms with Gasteiger partial charge in [-0.2, -0.15) is 0 Å². The smallest absolute Gasteiger partial charge is 0.252 e. The summed E-state index contributed by atoms with van der Waals surface area (Å²) >= 11 is 4.91. The van der Waals surface area contributed by atoms with Crippen LogP contribution < -0.4 is 10.9 Å². The van der Waals surface area contributed by atoms with Gasteiger partial charge in [0, 0.05) is 22.1 Å². The summed E-state index contributed by atoms with van der Waals surface area (Å²) in [5, 5.41) is 2.61. The Balaban J connectivity index is 1.72. The van der Waals surface area contributed by atoms with Crippen molar-refractivity contribution in [2.75, 3.05) is 13.6 Å². The van der Waals surface area contributed by atoms with Crippen LogP contribution in [0.3, 0.4) is 0 Å². The maximum absolute atomic E-state index is 11.9. The Bertz CT molecular complexity index is 720. The lowest BCUT2D eigenvalue weighted by molar-refractivity contribution is -0.129. The van der Waals surface area contributed by atoms with Crippen LogP contribution in [-0.4, -0.2) is 35.3 Å². The first-order chi connectivity index (χ1) is 11.4. The van der Waals surface area contributed by atoms with Gasteiger partial charge in [0.2, 0.25) is 5.91 Å². The highest BCUT2D eigenvalue weighted by Crippen LogP contribution is 2.17. The summed E-state index contributed by atoms with van der Waals surface area (Å²) in [6.45, 7) is 2.68. The zero-order chi connectivity index (χ0) is 17.5. The first-order valence-electron chi connectivity index (χ1n) is 7.34. The zero-order valence-corrected chi connectivity index (χ0v) is 15.9. The number of aryl methyl sites for hydroxylation is 1. The molecule has 1 aromatic heterocycles. The van der Waals surface area contributed by atoms with Crippen molar-refractivity contribution >= 4 is 39.1 Å². The van der Waals surface area contributed by atoms with Crippen LogP contribution >= 0.6 is 27.3 Å². The monoisotopic (exact) mass is 410 g/mol. The molecule has 2 rings (SSSR count). The minimum Gasteiger partial charge on any atom is -0.293 e. The van der Waals surface area contributed by atoms with Crippen LogP contribution in [0.2, 0.25) is 0 Å². The number of amides is 2. The van der Waals surface area contributed by atoms with E-state index in [1.54, 1.807) is 0 Å². The van der Waals surface area contributed by atoms with Crippen molar-refractivity contribution in [2.24, 2.45) is 0 Å². The maximum atomic E-state index is 11.9. The van der Waals surface area contributed by atoms with Gasteiger partial charge >= 0.3 is 0 Å². The van der Waals surface area contributed by atoms with E-state index in [-0.39, 0.29) is 24.8 Å². The number of hydrazine groups is 1. The molecule has 0 fully saturated rings. The largest absolute Gasteiger partial charge is 0.293 e. The molecule has 2 N–H and O–H groups in total. The molecular weight excluding hydrogens is 392 g/mol. The lowest BCUT2D eigenvalue weighted by Gasteiger charge is -2.17. The summed E-state index contributed by atoms with van der Waals surface area (Å²) in [4.78, 5) is 29.7. The number of likely N-dealkylation sites (N-methyl/N-ethyl adjacent to an activating group) is 1. The molecule has 0 aliphatic rings. The van der Waals surface area contributed by atoms with E-state index in [1.807, 2.05) is 48.5 Å². The minimum atomic E-state index is -0.286. The van der Waals surface area contributed by atoms with E-state index >= 15 is 0 Å². The number of benzene rings is 1. The van der Waals surface area contributed by atoms with Gasteiger partial charge in [-0.15, -0.1) is 11.3 Å². The normalized spacial score (nSPS) is 10.7. The Morgan fingerprint density at radius 1 is 1.25 bits per heavy atom. The number of carbonyl (C=O) groups is 2. The van der Waals surface area contributed by atoms with Crippen LogP contribution in [-0.2, 0) is 22.6 Å². The summed E-state index contributed by atoms with van der Waals surface area (Å²) in [6.07, 6.45) is 0.158. The van der Waals surface area contributed by atoms with Crippen LogP contribution in [0.1, 0.15) is 16.3 Å². The number of hydrogen-bond donors (Lipinski definition) is 2. The SMILES string of the molecule is Cc1csc(CC(=O)NNC(=O)CN(C)Cc2ccccc2Br)n1. The molecule has 24 heavy (non-hydrogen) atoms. The second kappa shape index (κ2) is 8.91. The summed E-state index contributed by atoms with van der Waals surface area (Å²) in [5.74, 6) is -0.556. The van der Waals surface area contributed by atoms with E-state index in [4.69, 9.17) is 0 Å². The van der Waals surface area contributed by atoms with Gasteiger partial charge in [-0.3, -0.25) is 25.3 Å². The standard InChI is InChI=1S/C16H19BrN4O2S/c1-11-10-24-16(18-11)7-14(22)19-20-15(23)9-21(2)8-12-5-3-4-6-13(12)17/h3-6,10H,7-9H2,1-2H3,(H,19,22)(H,20,23). The fourth-order valence-electron chi connectivity index (χ4n) is 2.06. The number of nitrogens with one attached hydrogen (secondary N) is 2. The molecule has 1 heterocycles. The first kappa shape index (κ1) is 18.6. The van der Waals surface area contributed by atoms with Crippen molar-refractivity contribution in [3.63, 3.8) is 0 Å². The van der Waals surface area contributed by atoms with Gasteiger partial charge in [-0.05, 0) is 25.6 Å². The van der Waals surface area contributed by atoms with Crippen molar-refractivity contribution in [3.05, 3.63) is 50.4 Å². The Morgan fingerprint density at radius 2 is 1.96 bits per heavy atom. The second-order valence-electron chi connectivity index (χ2n) is 5.42. The topological polar surface area (TPSA) is 74.3 Å². The summed E-state index contributed by atoms with van der Waals surface area (Å²) in [7, 11) is 1.85. The summed E-state index contributed by atoms with van der Waals surface area (Å²) < 4.78 is 1.00. The third-order valence-corrected chi connectivity index (χ3v) is 4.87. The highest BCUT2D eigenvalue weighted by atomic mass is 79.9. The van der Waals surface area contributed by atoms with Crippen LogP contribution in [0.15, 0.2) is 34.1 Å². The predicted molar refractivity (Wildman–Crippen MR) is 97.3 cm³/mol. The lowest BCUT2D eigenvalue weighted by Crippen LogP contribution is -2.46. The first-order valence-corrected chi connectivity index (χ1v) is 9.02. The van der Waals surface area contributed by atoms with Crippen LogP contribution in [0.25, 0.3) is 0 Å². The van der Waals surface area contributed by atoms with Crippen molar-refractivity contribution in [1.82, 2.24) is 20.7 Å². The number of halogens is 1. The third kappa shape index (κ3) is 6.03. The number of nitrogens with zero attached hydrogens (tertiary/aromatic N) is 2. The average Bonchev–Trinajstić information content (AvgIpc) is 2.92. The maximum Gasteiger partial charge on any atom is 0.252 e. The van der Waals surface area contributed by atoms with Crippen molar-refractivity contribution in [2.45, 2.75) is 19.9 Å². The molecule has 128 valence electrons. The molecule has 8 heteroatoms. The number of carbonyl (C=O) groups excluding carboxylic acids is 2. The van der Waals surface area contributed by atoms with Crippen molar-refractivity contribution < 1.29 is 9.59 Å².